The van der Waals surface area contributed by atoms with Crippen LogP contribution in [0.1, 0.15) is 43.2 Å². The minimum Gasteiger partial charge on any atom is -0.505 e. The van der Waals surface area contributed by atoms with Gasteiger partial charge in [0, 0.05) is 17.2 Å². The van der Waals surface area contributed by atoms with Gasteiger partial charge < -0.3 is 5.11 Å². The van der Waals surface area contributed by atoms with Crippen LogP contribution in [0.3, 0.4) is 0 Å². The van der Waals surface area contributed by atoms with Crippen LogP contribution in [0.5, 0.6) is 5.75 Å². The van der Waals surface area contributed by atoms with E-state index in [1.807, 2.05) is 6.07 Å². The lowest BCUT2D eigenvalue weighted by molar-refractivity contribution is -0.126. The number of aryl methyl sites for hydroxylation is 1. The highest BCUT2D eigenvalue weighted by molar-refractivity contribution is 5.92. The van der Waals surface area contributed by atoms with Gasteiger partial charge in [-0.05, 0) is 47.8 Å². The second kappa shape index (κ2) is 4.06. The Bertz CT molecular complexity index is 780. The molecular formula is C18H17FO2. The summed E-state index contributed by atoms with van der Waals surface area (Å²) in [4.78, 5) is 12.2. The van der Waals surface area contributed by atoms with E-state index in [0.29, 0.717) is 17.6 Å². The topological polar surface area (TPSA) is 37.3 Å². The average Bonchev–Trinajstić information content (AvgIpc) is 2.78. The standard InChI is InChI=1S/C18H17FO2/c1-18-9-8-11-10-4-6-15(20)17(19)13(10)3-2-12(11)14(18)5-7-16(18)21/h2-4,6,14,20H,5,7-9H2,1H3/t14-,18-/m0/s1. The Morgan fingerprint density at radius 1 is 1.19 bits per heavy atom. The second-order valence-corrected chi connectivity index (χ2v) is 6.56. The van der Waals surface area contributed by atoms with E-state index in [2.05, 4.69) is 6.92 Å². The maximum absolute atomic E-state index is 14.1. The zero-order valence-corrected chi connectivity index (χ0v) is 11.9. The highest BCUT2D eigenvalue weighted by atomic mass is 19.1. The Kier molecular flexibility index (Phi) is 2.48. The number of hydrogen-bond acceptors (Lipinski definition) is 2. The van der Waals surface area contributed by atoms with E-state index in [1.54, 1.807) is 12.1 Å². The quantitative estimate of drug-likeness (QED) is 0.791. The number of Topliss-reactive ketones (excluding diaryl/α,β-unsaturated/α-hetero) is 1. The lowest BCUT2D eigenvalue weighted by atomic mass is 9.66. The van der Waals surface area contributed by atoms with Crippen LogP contribution in [0, 0.1) is 11.2 Å². The fourth-order valence-electron chi connectivity index (χ4n) is 4.31. The van der Waals surface area contributed by atoms with Gasteiger partial charge in [0.15, 0.2) is 11.6 Å². The van der Waals surface area contributed by atoms with Crippen molar-refractivity contribution in [1.82, 2.24) is 0 Å². The monoisotopic (exact) mass is 284 g/mol. The summed E-state index contributed by atoms with van der Waals surface area (Å²) in [5, 5.41) is 10.9. The van der Waals surface area contributed by atoms with Gasteiger partial charge in [-0.1, -0.05) is 25.1 Å². The van der Waals surface area contributed by atoms with Crippen LogP contribution in [0.25, 0.3) is 10.8 Å². The van der Waals surface area contributed by atoms with Gasteiger partial charge in [-0.3, -0.25) is 4.79 Å². The molecule has 2 aromatic rings. The summed E-state index contributed by atoms with van der Waals surface area (Å²) in [6, 6.07) is 6.93. The average molecular weight is 284 g/mol. The van der Waals surface area contributed by atoms with E-state index < -0.39 is 5.82 Å². The molecule has 1 fully saturated rings. The fourth-order valence-corrected chi connectivity index (χ4v) is 4.31. The predicted octanol–water partition coefficient (Wildman–Crippen LogP) is 4.08. The van der Waals surface area contributed by atoms with Gasteiger partial charge in [0.25, 0.3) is 0 Å². The van der Waals surface area contributed by atoms with E-state index in [4.69, 9.17) is 0 Å². The predicted molar refractivity (Wildman–Crippen MR) is 79.0 cm³/mol. The molecule has 21 heavy (non-hydrogen) atoms. The molecule has 0 aliphatic heterocycles. The van der Waals surface area contributed by atoms with Gasteiger partial charge in [0.1, 0.15) is 5.78 Å². The first-order valence-corrected chi connectivity index (χ1v) is 7.48. The summed E-state index contributed by atoms with van der Waals surface area (Å²) in [7, 11) is 0. The number of phenols is 1. The molecule has 1 saturated carbocycles. The molecule has 1 N–H and O–H groups in total. The lowest BCUT2D eigenvalue weighted by Gasteiger charge is -2.37. The first-order valence-electron chi connectivity index (χ1n) is 7.48. The number of phenolic OH excluding ortho intramolecular Hbond substituents is 1. The third kappa shape index (κ3) is 1.55. The molecule has 0 saturated heterocycles. The van der Waals surface area contributed by atoms with E-state index >= 15 is 0 Å². The smallest absolute Gasteiger partial charge is 0.172 e. The molecule has 2 nitrogen and oxygen atoms in total. The van der Waals surface area contributed by atoms with Crippen LogP contribution < -0.4 is 0 Å². The number of halogens is 1. The molecule has 0 heterocycles. The number of fused-ring (bicyclic) bond motifs is 5. The third-order valence-electron chi connectivity index (χ3n) is 5.60. The third-order valence-corrected chi connectivity index (χ3v) is 5.60. The minimum atomic E-state index is -0.550. The van der Waals surface area contributed by atoms with Crippen LogP contribution in [0.2, 0.25) is 0 Å². The lowest BCUT2D eigenvalue weighted by Crippen LogP contribution is -2.32. The molecule has 0 bridgehead atoms. The molecule has 0 spiro atoms. The van der Waals surface area contributed by atoms with Crippen molar-refractivity contribution in [3.63, 3.8) is 0 Å². The molecule has 2 aliphatic rings. The largest absolute Gasteiger partial charge is 0.505 e. The number of carbonyl (C=O) groups is 1. The highest BCUT2D eigenvalue weighted by Gasteiger charge is 2.49. The summed E-state index contributed by atoms with van der Waals surface area (Å²) in [6.07, 6.45) is 3.19. The zero-order chi connectivity index (χ0) is 14.8. The van der Waals surface area contributed by atoms with E-state index in [9.17, 15) is 14.3 Å². The van der Waals surface area contributed by atoms with Crippen molar-refractivity contribution in [2.75, 3.05) is 0 Å². The van der Waals surface area contributed by atoms with Gasteiger partial charge in [-0.2, -0.15) is 0 Å². The molecule has 4 rings (SSSR count). The van der Waals surface area contributed by atoms with Gasteiger partial charge in [-0.25, -0.2) is 4.39 Å². The number of carbonyl (C=O) groups excluding carboxylic acids is 1. The van der Waals surface area contributed by atoms with E-state index in [-0.39, 0.29) is 17.1 Å². The van der Waals surface area contributed by atoms with Crippen molar-refractivity contribution in [2.24, 2.45) is 5.41 Å². The van der Waals surface area contributed by atoms with Gasteiger partial charge in [-0.15, -0.1) is 0 Å². The van der Waals surface area contributed by atoms with Gasteiger partial charge in [0.05, 0.1) is 0 Å². The normalized spacial score (nSPS) is 27.7. The summed E-state index contributed by atoms with van der Waals surface area (Å²) >= 11 is 0. The number of benzene rings is 2. The summed E-state index contributed by atoms with van der Waals surface area (Å²) in [5.41, 5.74) is 2.12. The molecule has 0 aromatic heterocycles. The number of hydrogen-bond donors (Lipinski definition) is 1. The highest BCUT2D eigenvalue weighted by Crippen LogP contribution is 2.54. The maximum Gasteiger partial charge on any atom is 0.172 e. The van der Waals surface area contributed by atoms with Crippen molar-refractivity contribution in [3.8, 4) is 5.75 Å². The fraction of sp³-hybridized carbons (Fsp3) is 0.389. The maximum atomic E-state index is 14.1. The van der Waals surface area contributed by atoms with Crippen molar-refractivity contribution in [3.05, 3.63) is 41.2 Å². The number of aromatic hydroxyl groups is 1. The Morgan fingerprint density at radius 3 is 2.76 bits per heavy atom. The molecule has 0 unspecified atom stereocenters. The van der Waals surface area contributed by atoms with Crippen molar-refractivity contribution in [2.45, 2.75) is 38.5 Å². The van der Waals surface area contributed by atoms with Crippen LogP contribution >= 0.6 is 0 Å². The summed E-state index contributed by atoms with van der Waals surface area (Å²) in [5.74, 6) is -0.226. The molecule has 2 aromatic carbocycles. The number of ketones is 1. The van der Waals surface area contributed by atoms with Crippen molar-refractivity contribution in [1.29, 1.82) is 0 Å². The summed E-state index contributed by atoms with van der Waals surface area (Å²) in [6.45, 7) is 2.08. The first kappa shape index (κ1) is 12.8. The van der Waals surface area contributed by atoms with Gasteiger partial charge >= 0.3 is 0 Å². The molecule has 2 atom stereocenters. The molecule has 0 radical (unpaired) electrons. The first-order chi connectivity index (χ1) is 10.0. The SMILES string of the molecule is C[C@]12CCc3c(ccc4c(F)c(O)ccc34)[C@@H]1CCC2=O. The van der Waals surface area contributed by atoms with Crippen LogP contribution in [0.4, 0.5) is 4.39 Å². The zero-order valence-electron chi connectivity index (χ0n) is 11.9. The van der Waals surface area contributed by atoms with Crippen LogP contribution in [0.15, 0.2) is 24.3 Å². The van der Waals surface area contributed by atoms with Crippen LogP contribution in [-0.2, 0) is 11.2 Å². The molecular weight excluding hydrogens is 267 g/mol. The van der Waals surface area contributed by atoms with Crippen molar-refractivity contribution < 1.29 is 14.3 Å². The Hall–Kier alpha value is -1.90. The Morgan fingerprint density at radius 2 is 1.95 bits per heavy atom. The molecule has 108 valence electrons. The van der Waals surface area contributed by atoms with Gasteiger partial charge in [0.2, 0.25) is 0 Å². The van der Waals surface area contributed by atoms with E-state index in [1.165, 1.54) is 11.6 Å². The van der Waals surface area contributed by atoms with Crippen LogP contribution in [-0.4, -0.2) is 10.9 Å². The van der Waals surface area contributed by atoms with E-state index in [0.717, 1.165) is 30.2 Å². The Labute approximate surface area is 122 Å². The summed E-state index contributed by atoms with van der Waals surface area (Å²) < 4.78 is 14.1. The number of rotatable bonds is 0. The molecule has 3 heteroatoms. The molecule has 0 amide bonds. The second-order valence-electron chi connectivity index (χ2n) is 6.56. The Balaban J connectivity index is 1.97. The molecule has 2 aliphatic carbocycles. The van der Waals surface area contributed by atoms with Crippen molar-refractivity contribution >= 4 is 16.6 Å². The minimum absolute atomic E-state index is 0.240.